The highest BCUT2D eigenvalue weighted by atomic mass is 32.2. The van der Waals surface area contributed by atoms with Gasteiger partial charge in [-0.1, -0.05) is 17.8 Å². The van der Waals surface area contributed by atoms with E-state index in [0.717, 1.165) is 41.5 Å². The van der Waals surface area contributed by atoms with Crippen molar-refractivity contribution < 1.29 is 18.7 Å². The molecule has 0 aliphatic heterocycles. The van der Waals surface area contributed by atoms with Gasteiger partial charge in [0, 0.05) is 31.4 Å². The molecule has 0 aliphatic carbocycles. The minimum Gasteiger partial charge on any atom is -0.493 e. The number of benzene rings is 1. The van der Waals surface area contributed by atoms with E-state index in [1.165, 1.54) is 11.8 Å². The van der Waals surface area contributed by atoms with Crippen molar-refractivity contribution in [2.75, 3.05) is 32.7 Å². The average molecular weight is 485 g/mol. The molecular weight excluding hydrogens is 452 g/mol. The Kier molecular flexibility index (Phi) is 8.81. The molecule has 0 atom stereocenters. The van der Waals surface area contributed by atoms with E-state index in [0.29, 0.717) is 22.4 Å². The Morgan fingerprint density at radius 2 is 1.88 bits per heavy atom. The zero-order chi connectivity index (χ0) is 24.7. The third-order valence-corrected chi connectivity index (χ3v) is 5.91. The van der Waals surface area contributed by atoms with E-state index in [1.54, 1.807) is 20.3 Å². The molecule has 2 heterocycles. The van der Waals surface area contributed by atoms with Gasteiger partial charge < -0.3 is 24.1 Å². The largest absolute Gasteiger partial charge is 0.493 e. The van der Waals surface area contributed by atoms with Crippen molar-refractivity contribution in [2.45, 2.75) is 44.1 Å². The summed E-state index contributed by atoms with van der Waals surface area (Å²) in [4.78, 5) is 23.5. The zero-order valence-electron chi connectivity index (χ0n) is 20.5. The summed E-state index contributed by atoms with van der Waals surface area (Å²) in [5.74, 6) is 3.63. The number of likely N-dealkylation sites (N-methyl/N-ethyl adjacent to an activating group) is 1. The molecule has 34 heavy (non-hydrogen) atoms. The highest BCUT2D eigenvalue weighted by Gasteiger charge is 2.14. The molecule has 8 nitrogen and oxygen atoms in total. The Bertz CT molecular complexity index is 1120. The van der Waals surface area contributed by atoms with E-state index in [1.807, 2.05) is 58.2 Å². The second-order valence-electron chi connectivity index (χ2n) is 8.19. The number of methoxy groups -OCH3 is 2. The monoisotopic (exact) mass is 484 g/mol. The topological polar surface area (TPSA) is 89.7 Å². The maximum absolute atomic E-state index is 12.1. The molecule has 182 valence electrons. The molecule has 2 aromatic heterocycles. The molecule has 0 fully saturated rings. The van der Waals surface area contributed by atoms with Crippen LogP contribution in [0.25, 0.3) is 0 Å². The number of anilines is 1. The SMILES string of the molecule is COc1ccc(CCN(C)c2cc(C)nc(SCc3ccc(C(=O)NC(C)C)o3)n2)cc1OC. The zero-order valence-corrected chi connectivity index (χ0v) is 21.4. The van der Waals surface area contributed by atoms with Crippen molar-refractivity contribution >= 4 is 23.5 Å². The lowest BCUT2D eigenvalue weighted by atomic mass is 10.1. The molecule has 0 spiro atoms. The number of hydrogen-bond acceptors (Lipinski definition) is 8. The molecule has 0 aliphatic rings. The number of nitrogens with zero attached hydrogens (tertiary/aromatic N) is 3. The van der Waals surface area contributed by atoms with Crippen LogP contribution in [-0.4, -0.2) is 49.7 Å². The number of hydrogen-bond donors (Lipinski definition) is 1. The van der Waals surface area contributed by atoms with Crippen LogP contribution in [0.3, 0.4) is 0 Å². The average Bonchev–Trinajstić information content (AvgIpc) is 3.29. The van der Waals surface area contributed by atoms with Crippen LogP contribution in [0.15, 0.2) is 46.0 Å². The standard InChI is InChI=1S/C25H32N4O4S/c1-16(2)26-24(30)21-10-8-19(33-21)15-34-25-27-17(3)13-23(28-25)29(4)12-11-18-7-9-20(31-5)22(14-18)32-6/h7-10,13-14,16H,11-12,15H2,1-6H3,(H,26,30). The third kappa shape index (κ3) is 6.90. The first-order valence-electron chi connectivity index (χ1n) is 11.1. The third-order valence-electron chi connectivity index (χ3n) is 5.04. The van der Waals surface area contributed by atoms with Crippen LogP contribution in [0.4, 0.5) is 5.82 Å². The predicted molar refractivity (Wildman–Crippen MR) is 134 cm³/mol. The van der Waals surface area contributed by atoms with E-state index >= 15 is 0 Å². The lowest BCUT2D eigenvalue weighted by Crippen LogP contribution is -2.29. The van der Waals surface area contributed by atoms with Gasteiger partial charge in [0.25, 0.3) is 5.91 Å². The van der Waals surface area contributed by atoms with Crippen LogP contribution in [-0.2, 0) is 12.2 Å². The van der Waals surface area contributed by atoms with E-state index in [4.69, 9.17) is 18.9 Å². The summed E-state index contributed by atoms with van der Waals surface area (Å²) in [6, 6.07) is 11.5. The normalized spacial score (nSPS) is 10.9. The van der Waals surface area contributed by atoms with Crippen LogP contribution >= 0.6 is 11.8 Å². The number of aromatic nitrogens is 2. The second kappa shape index (κ2) is 11.8. The maximum atomic E-state index is 12.1. The van der Waals surface area contributed by atoms with E-state index in [9.17, 15) is 4.79 Å². The Morgan fingerprint density at radius 1 is 1.12 bits per heavy atom. The molecule has 1 amide bonds. The smallest absolute Gasteiger partial charge is 0.287 e. The van der Waals surface area contributed by atoms with Gasteiger partial charge in [0.05, 0.1) is 20.0 Å². The van der Waals surface area contributed by atoms with Gasteiger partial charge >= 0.3 is 0 Å². The Labute approximate surface area is 205 Å². The number of carbonyl (C=O) groups excluding carboxylic acids is 1. The maximum Gasteiger partial charge on any atom is 0.287 e. The van der Waals surface area contributed by atoms with E-state index in [2.05, 4.69) is 15.2 Å². The summed E-state index contributed by atoms with van der Waals surface area (Å²) in [5.41, 5.74) is 2.04. The Morgan fingerprint density at radius 3 is 2.59 bits per heavy atom. The fraction of sp³-hybridized carbons (Fsp3) is 0.400. The number of amides is 1. The van der Waals surface area contributed by atoms with Crippen LogP contribution in [0.1, 0.15) is 41.4 Å². The molecule has 0 bridgehead atoms. The number of aryl methyl sites for hydroxylation is 1. The van der Waals surface area contributed by atoms with Crippen LogP contribution < -0.4 is 19.7 Å². The summed E-state index contributed by atoms with van der Waals surface area (Å²) in [5, 5.41) is 3.49. The number of ether oxygens (including phenoxy) is 2. The second-order valence-corrected chi connectivity index (χ2v) is 9.14. The van der Waals surface area contributed by atoms with Gasteiger partial charge in [0.2, 0.25) is 0 Å². The lowest BCUT2D eigenvalue weighted by molar-refractivity contribution is 0.0913. The number of rotatable bonds is 11. The molecular formula is C25H32N4O4S. The van der Waals surface area contributed by atoms with Crippen LogP contribution in [0, 0.1) is 6.92 Å². The molecule has 3 rings (SSSR count). The minimum atomic E-state index is -0.212. The first-order chi connectivity index (χ1) is 16.3. The summed E-state index contributed by atoms with van der Waals surface area (Å²) >= 11 is 1.48. The van der Waals surface area contributed by atoms with Gasteiger partial charge in [0.15, 0.2) is 22.4 Å². The van der Waals surface area contributed by atoms with Crippen molar-refractivity contribution in [3.63, 3.8) is 0 Å². The van der Waals surface area contributed by atoms with Crippen LogP contribution in [0.2, 0.25) is 0 Å². The Hall–Kier alpha value is -3.20. The number of nitrogens with one attached hydrogen (secondary N) is 1. The van der Waals surface area contributed by atoms with E-state index in [-0.39, 0.29) is 11.9 Å². The van der Waals surface area contributed by atoms with Gasteiger partial charge in [-0.2, -0.15) is 0 Å². The predicted octanol–water partition coefficient (Wildman–Crippen LogP) is 4.50. The Balaban J connectivity index is 1.61. The van der Waals surface area contributed by atoms with E-state index < -0.39 is 0 Å². The summed E-state index contributed by atoms with van der Waals surface area (Å²) in [6.07, 6.45) is 0.829. The van der Waals surface area contributed by atoms with Gasteiger partial charge in [-0.05, 0) is 57.0 Å². The van der Waals surface area contributed by atoms with Gasteiger partial charge in [0.1, 0.15) is 11.6 Å². The fourth-order valence-corrected chi connectivity index (χ4v) is 4.07. The molecule has 0 saturated carbocycles. The molecule has 0 saturated heterocycles. The lowest BCUT2D eigenvalue weighted by Gasteiger charge is -2.19. The van der Waals surface area contributed by atoms with Gasteiger partial charge in [-0.15, -0.1) is 0 Å². The molecule has 0 radical (unpaired) electrons. The molecule has 1 aromatic carbocycles. The first-order valence-corrected chi connectivity index (χ1v) is 12.1. The molecule has 1 N–H and O–H groups in total. The summed E-state index contributed by atoms with van der Waals surface area (Å²) < 4.78 is 16.4. The minimum absolute atomic E-state index is 0.0540. The first kappa shape index (κ1) is 25.4. The summed E-state index contributed by atoms with van der Waals surface area (Å²) in [6.45, 7) is 6.56. The van der Waals surface area contributed by atoms with Crippen LogP contribution in [0.5, 0.6) is 11.5 Å². The van der Waals surface area contributed by atoms with Gasteiger partial charge in [-0.25, -0.2) is 9.97 Å². The summed E-state index contributed by atoms with van der Waals surface area (Å²) in [7, 11) is 5.29. The van der Waals surface area contributed by atoms with Crippen molar-refractivity contribution in [3.8, 4) is 11.5 Å². The molecule has 9 heteroatoms. The number of carbonyl (C=O) groups is 1. The van der Waals surface area contributed by atoms with Crippen molar-refractivity contribution in [2.24, 2.45) is 0 Å². The highest BCUT2D eigenvalue weighted by molar-refractivity contribution is 7.98. The van der Waals surface area contributed by atoms with Crippen molar-refractivity contribution in [3.05, 3.63) is 59.2 Å². The quantitative estimate of drug-likeness (QED) is 0.314. The van der Waals surface area contributed by atoms with Crippen molar-refractivity contribution in [1.29, 1.82) is 0 Å². The number of furan rings is 1. The van der Waals surface area contributed by atoms with Gasteiger partial charge in [-0.3, -0.25) is 4.79 Å². The van der Waals surface area contributed by atoms with Crippen molar-refractivity contribution in [1.82, 2.24) is 15.3 Å². The highest BCUT2D eigenvalue weighted by Crippen LogP contribution is 2.28. The molecule has 0 unspecified atom stereocenters. The molecule has 3 aromatic rings. The fourth-order valence-electron chi connectivity index (χ4n) is 3.28. The number of thioether (sulfide) groups is 1.